The first-order chi connectivity index (χ1) is 9.99. The first-order valence-corrected chi connectivity index (χ1v) is 8.07. The molecule has 0 spiro atoms. The maximum atomic E-state index is 12.0. The Bertz CT molecular complexity index is 744. The number of carbonyl (C=O) groups is 2. The third-order valence-corrected chi connectivity index (χ3v) is 5.96. The standard InChI is InChI=1S/C13H13N3O3S2/c1-6-8-10(20-7-3-4-16(2)12(7)17)14-5-15-11(8)21-9(6)13(18)19/h5,7H,3-4H2,1-2H3,(H,18,19). The number of likely N-dealkylation sites (tertiary alicyclic amines) is 1. The van der Waals surface area contributed by atoms with Gasteiger partial charge in [-0.25, -0.2) is 14.8 Å². The van der Waals surface area contributed by atoms with Crippen molar-refractivity contribution in [3.63, 3.8) is 0 Å². The number of aromatic carboxylic acids is 1. The number of carboxylic acid groups (broad SMARTS) is 1. The van der Waals surface area contributed by atoms with Gasteiger partial charge in [-0.15, -0.1) is 11.3 Å². The summed E-state index contributed by atoms with van der Waals surface area (Å²) in [4.78, 5) is 34.3. The molecule has 1 unspecified atom stereocenters. The lowest BCUT2D eigenvalue weighted by atomic mass is 10.2. The molecular weight excluding hydrogens is 310 g/mol. The van der Waals surface area contributed by atoms with Gasteiger partial charge in [-0.05, 0) is 18.9 Å². The van der Waals surface area contributed by atoms with Crippen LogP contribution in [0.2, 0.25) is 0 Å². The van der Waals surface area contributed by atoms with Crippen LogP contribution in [0.15, 0.2) is 11.4 Å². The first-order valence-electron chi connectivity index (χ1n) is 6.38. The van der Waals surface area contributed by atoms with Crippen LogP contribution >= 0.6 is 23.1 Å². The van der Waals surface area contributed by atoms with Gasteiger partial charge in [0.1, 0.15) is 21.1 Å². The molecule has 0 aromatic carbocycles. The van der Waals surface area contributed by atoms with Gasteiger partial charge in [-0.3, -0.25) is 4.79 Å². The van der Waals surface area contributed by atoms with Crippen LogP contribution in [0.25, 0.3) is 10.2 Å². The molecule has 2 aromatic rings. The number of carboxylic acids is 1. The molecule has 2 aromatic heterocycles. The fraction of sp³-hybridized carbons (Fsp3) is 0.385. The van der Waals surface area contributed by atoms with Gasteiger partial charge in [0.05, 0.1) is 5.25 Å². The topological polar surface area (TPSA) is 83.4 Å². The summed E-state index contributed by atoms with van der Waals surface area (Å²) in [7, 11) is 1.79. The molecule has 0 saturated carbocycles. The smallest absolute Gasteiger partial charge is 0.346 e. The molecule has 0 bridgehead atoms. The van der Waals surface area contributed by atoms with Crippen molar-refractivity contribution in [1.29, 1.82) is 0 Å². The Kier molecular flexibility index (Phi) is 3.58. The molecule has 8 heteroatoms. The Labute approximate surface area is 129 Å². The Morgan fingerprint density at radius 1 is 1.52 bits per heavy atom. The molecule has 3 heterocycles. The minimum absolute atomic E-state index is 0.0955. The summed E-state index contributed by atoms with van der Waals surface area (Å²) in [5, 5.41) is 10.5. The number of fused-ring (bicyclic) bond motifs is 1. The molecule has 0 aliphatic carbocycles. The van der Waals surface area contributed by atoms with Crippen molar-refractivity contribution in [2.24, 2.45) is 0 Å². The molecule has 21 heavy (non-hydrogen) atoms. The van der Waals surface area contributed by atoms with Crippen LogP contribution in [0.1, 0.15) is 21.7 Å². The molecule has 1 atom stereocenters. The molecular formula is C13H13N3O3S2. The van der Waals surface area contributed by atoms with E-state index in [0.29, 0.717) is 15.4 Å². The minimum Gasteiger partial charge on any atom is -0.477 e. The van der Waals surface area contributed by atoms with Gasteiger partial charge in [0.2, 0.25) is 5.91 Å². The molecule has 0 radical (unpaired) electrons. The van der Waals surface area contributed by atoms with Gasteiger partial charge < -0.3 is 10.0 Å². The van der Waals surface area contributed by atoms with Crippen LogP contribution in [0.5, 0.6) is 0 Å². The number of thiophene rings is 1. The zero-order chi connectivity index (χ0) is 15.1. The number of nitrogens with zero attached hydrogens (tertiary/aromatic N) is 3. The third kappa shape index (κ3) is 2.38. The minimum atomic E-state index is -0.955. The highest BCUT2D eigenvalue weighted by Crippen LogP contribution is 2.38. The molecule has 1 saturated heterocycles. The molecule has 3 rings (SSSR count). The zero-order valence-corrected chi connectivity index (χ0v) is 13.1. The molecule has 6 nitrogen and oxygen atoms in total. The summed E-state index contributed by atoms with van der Waals surface area (Å²) in [6, 6.07) is 0. The highest BCUT2D eigenvalue weighted by atomic mass is 32.2. The third-order valence-electron chi connectivity index (χ3n) is 3.52. The van der Waals surface area contributed by atoms with Crippen LogP contribution in [0, 0.1) is 6.92 Å². The first kappa shape index (κ1) is 14.3. The number of hydrogen-bond acceptors (Lipinski definition) is 6. The van der Waals surface area contributed by atoms with Crippen molar-refractivity contribution >= 4 is 45.2 Å². The van der Waals surface area contributed by atoms with Crippen molar-refractivity contribution in [3.05, 3.63) is 16.8 Å². The Balaban J connectivity index is 2.03. The van der Waals surface area contributed by atoms with Crippen molar-refractivity contribution in [1.82, 2.24) is 14.9 Å². The Hall–Kier alpha value is -1.67. The van der Waals surface area contributed by atoms with Crippen molar-refractivity contribution in [2.45, 2.75) is 23.6 Å². The summed E-state index contributed by atoms with van der Waals surface area (Å²) in [5.41, 5.74) is 0.671. The summed E-state index contributed by atoms with van der Waals surface area (Å²) in [5.74, 6) is -0.860. The van der Waals surface area contributed by atoms with Crippen LogP contribution in [0.4, 0.5) is 0 Å². The Morgan fingerprint density at radius 2 is 2.29 bits per heavy atom. The van der Waals surface area contributed by atoms with Crippen LogP contribution < -0.4 is 0 Å². The van der Waals surface area contributed by atoms with Crippen molar-refractivity contribution in [2.75, 3.05) is 13.6 Å². The van der Waals surface area contributed by atoms with E-state index in [9.17, 15) is 14.7 Å². The molecule has 1 N–H and O–H groups in total. The van der Waals surface area contributed by atoms with E-state index < -0.39 is 5.97 Å². The summed E-state index contributed by atoms with van der Waals surface area (Å²) in [6.45, 7) is 2.51. The van der Waals surface area contributed by atoms with E-state index in [1.807, 2.05) is 0 Å². The second kappa shape index (κ2) is 5.27. The number of rotatable bonds is 3. The highest BCUT2D eigenvalue weighted by molar-refractivity contribution is 8.00. The lowest BCUT2D eigenvalue weighted by molar-refractivity contribution is -0.126. The Morgan fingerprint density at radius 3 is 2.90 bits per heavy atom. The van der Waals surface area contributed by atoms with E-state index in [0.717, 1.165) is 29.7 Å². The predicted octanol–water partition coefficient (Wildman–Crippen LogP) is 2.02. The molecule has 1 aliphatic rings. The number of hydrogen-bond donors (Lipinski definition) is 1. The van der Waals surface area contributed by atoms with Gasteiger partial charge in [0.15, 0.2) is 0 Å². The number of amides is 1. The second-order valence-corrected chi connectivity index (χ2v) is 7.07. The van der Waals surface area contributed by atoms with E-state index in [1.54, 1.807) is 18.9 Å². The van der Waals surface area contributed by atoms with E-state index in [2.05, 4.69) is 9.97 Å². The zero-order valence-electron chi connectivity index (χ0n) is 11.5. The van der Waals surface area contributed by atoms with Gasteiger partial charge in [0.25, 0.3) is 0 Å². The van der Waals surface area contributed by atoms with Crippen molar-refractivity contribution in [3.8, 4) is 0 Å². The summed E-state index contributed by atoms with van der Waals surface area (Å²) >= 11 is 2.55. The molecule has 110 valence electrons. The summed E-state index contributed by atoms with van der Waals surface area (Å²) in [6.07, 6.45) is 2.20. The van der Waals surface area contributed by atoms with Gasteiger partial charge >= 0.3 is 5.97 Å². The van der Waals surface area contributed by atoms with E-state index in [1.165, 1.54) is 18.1 Å². The van der Waals surface area contributed by atoms with Crippen molar-refractivity contribution < 1.29 is 14.7 Å². The highest BCUT2D eigenvalue weighted by Gasteiger charge is 2.31. The lowest BCUT2D eigenvalue weighted by Crippen LogP contribution is -2.23. The van der Waals surface area contributed by atoms with Crippen LogP contribution in [-0.4, -0.2) is 50.7 Å². The maximum absolute atomic E-state index is 12.0. The van der Waals surface area contributed by atoms with Gasteiger partial charge in [-0.1, -0.05) is 11.8 Å². The molecule has 1 fully saturated rings. The molecule has 1 aliphatic heterocycles. The monoisotopic (exact) mass is 323 g/mol. The predicted molar refractivity (Wildman–Crippen MR) is 81.0 cm³/mol. The van der Waals surface area contributed by atoms with E-state index >= 15 is 0 Å². The number of aryl methyl sites for hydroxylation is 1. The van der Waals surface area contributed by atoms with Crippen LogP contribution in [-0.2, 0) is 4.79 Å². The van der Waals surface area contributed by atoms with Crippen LogP contribution in [0.3, 0.4) is 0 Å². The largest absolute Gasteiger partial charge is 0.477 e. The fourth-order valence-electron chi connectivity index (χ4n) is 2.37. The quantitative estimate of drug-likeness (QED) is 0.870. The SMILES string of the molecule is Cc1c(C(=O)O)sc2ncnc(SC3CCN(C)C3=O)c12. The fourth-order valence-corrected chi connectivity index (χ4v) is 4.67. The average Bonchev–Trinajstić information content (AvgIpc) is 2.95. The van der Waals surface area contributed by atoms with E-state index in [-0.39, 0.29) is 16.0 Å². The molecule has 1 amide bonds. The maximum Gasteiger partial charge on any atom is 0.346 e. The van der Waals surface area contributed by atoms with Gasteiger partial charge in [-0.2, -0.15) is 0 Å². The number of carbonyl (C=O) groups excluding carboxylic acids is 1. The lowest BCUT2D eigenvalue weighted by Gasteiger charge is -2.10. The van der Waals surface area contributed by atoms with E-state index in [4.69, 9.17) is 0 Å². The number of aromatic nitrogens is 2. The summed E-state index contributed by atoms with van der Waals surface area (Å²) < 4.78 is 0. The normalized spacial score (nSPS) is 18.7. The average molecular weight is 323 g/mol. The number of thioether (sulfide) groups is 1. The second-order valence-electron chi connectivity index (χ2n) is 4.88. The van der Waals surface area contributed by atoms with Gasteiger partial charge in [0, 0.05) is 19.0 Å².